The zero-order chi connectivity index (χ0) is 15.7. The Morgan fingerprint density at radius 1 is 0.565 bits per heavy atom. The Morgan fingerprint density at radius 3 is 1.43 bits per heavy atom. The van der Waals surface area contributed by atoms with Gasteiger partial charge >= 0.3 is 0 Å². The molecule has 3 aromatic rings. The van der Waals surface area contributed by atoms with E-state index in [0.29, 0.717) is 0 Å². The lowest BCUT2D eigenvalue weighted by Crippen LogP contribution is -1.90. The minimum atomic E-state index is 0.760. The monoisotopic (exact) mass is 306 g/mol. The number of nitrogens with zero attached hydrogens (tertiary/aromatic N) is 2. The molecule has 0 unspecified atom stereocenters. The number of rotatable bonds is 8. The lowest BCUT2D eigenvalue weighted by atomic mass is 10.1. The summed E-state index contributed by atoms with van der Waals surface area (Å²) in [6, 6.07) is 21.0. The van der Waals surface area contributed by atoms with Gasteiger partial charge in [-0.3, -0.25) is 0 Å². The summed E-state index contributed by atoms with van der Waals surface area (Å²) in [6.07, 6.45) is 5.87. The van der Waals surface area contributed by atoms with Crippen LogP contribution >= 0.6 is 0 Å². The molecule has 0 bridgehead atoms. The maximum atomic E-state index is 5.74. The molecule has 0 spiro atoms. The molecule has 3 rings (SSSR count). The minimum Gasteiger partial charge on any atom is -0.425 e. The van der Waals surface area contributed by atoms with E-state index in [1.165, 1.54) is 11.1 Å². The van der Waals surface area contributed by atoms with Gasteiger partial charge < -0.3 is 4.42 Å². The third-order valence-electron chi connectivity index (χ3n) is 3.91. The molecule has 0 aliphatic carbocycles. The van der Waals surface area contributed by atoms with Gasteiger partial charge in [0.25, 0.3) is 0 Å². The summed E-state index contributed by atoms with van der Waals surface area (Å²) in [5, 5.41) is 8.31. The van der Waals surface area contributed by atoms with Gasteiger partial charge in [0.1, 0.15) is 0 Å². The van der Waals surface area contributed by atoms with Gasteiger partial charge in [0.2, 0.25) is 11.8 Å². The number of aromatic nitrogens is 2. The first kappa shape index (κ1) is 15.5. The largest absolute Gasteiger partial charge is 0.425 e. The second-order valence-electron chi connectivity index (χ2n) is 5.77. The van der Waals surface area contributed by atoms with Crippen LogP contribution in [0.4, 0.5) is 0 Å². The molecule has 0 radical (unpaired) electrons. The molecule has 23 heavy (non-hydrogen) atoms. The molecule has 0 aliphatic rings. The van der Waals surface area contributed by atoms with Crippen molar-refractivity contribution in [1.29, 1.82) is 0 Å². The molecule has 3 nitrogen and oxygen atoms in total. The van der Waals surface area contributed by atoms with E-state index in [1.807, 2.05) is 12.1 Å². The van der Waals surface area contributed by atoms with Crippen molar-refractivity contribution >= 4 is 0 Å². The second kappa shape index (κ2) is 8.28. The third kappa shape index (κ3) is 5.06. The lowest BCUT2D eigenvalue weighted by molar-refractivity contribution is 0.440. The van der Waals surface area contributed by atoms with Crippen molar-refractivity contribution in [2.45, 2.75) is 38.5 Å². The molecule has 0 N–H and O–H groups in total. The summed E-state index contributed by atoms with van der Waals surface area (Å²) in [7, 11) is 0. The Hall–Kier alpha value is -2.42. The van der Waals surface area contributed by atoms with Crippen LogP contribution in [-0.4, -0.2) is 10.2 Å². The van der Waals surface area contributed by atoms with Crippen molar-refractivity contribution in [2.75, 3.05) is 0 Å². The van der Waals surface area contributed by atoms with Crippen molar-refractivity contribution in [2.24, 2.45) is 0 Å². The Bertz CT molecular complexity index is 632. The van der Waals surface area contributed by atoms with Crippen molar-refractivity contribution in [3.05, 3.63) is 83.6 Å². The van der Waals surface area contributed by atoms with Gasteiger partial charge in [-0.15, -0.1) is 10.2 Å². The molecule has 0 saturated carbocycles. The van der Waals surface area contributed by atoms with Crippen molar-refractivity contribution < 1.29 is 4.42 Å². The zero-order valence-corrected chi connectivity index (χ0v) is 13.3. The van der Waals surface area contributed by atoms with E-state index < -0.39 is 0 Å². The zero-order valence-electron chi connectivity index (χ0n) is 13.3. The van der Waals surface area contributed by atoms with Gasteiger partial charge in [-0.05, 0) is 36.8 Å². The maximum Gasteiger partial charge on any atom is 0.216 e. The van der Waals surface area contributed by atoms with Crippen LogP contribution < -0.4 is 0 Å². The van der Waals surface area contributed by atoms with Gasteiger partial charge in [-0.25, -0.2) is 0 Å². The van der Waals surface area contributed by atoms with E-state index in [1.54, 1.807) is 0 Å². The molecule has 3 heteroatoms. The average Bonchev–Trinajstić information content (AvgIpc) is 3.05. The summed E-state index contributed by atoms with van der Waals surface area (Å²) >= 11 is 0. The topological polar surface area (TPSA) is 38.9 Å². The quantitative estimate of drug-likeness (QED) is 0.618. The predicted octanol–water partition coefficient (Wildman–Crippen LogP) is 4.42. The fourth-order valence-electron chi connectivity index (χ4n) is 2.67. The second-order valence-corrected chi connectivity index (χ2v) is 5.77. The van der Waals surface area contributed by atoms with Crippen LogP contribution in [0.1, 0.15) is 35.7 Å². The molecule has 0 amide bonds. The van der Waals surface area contributed by atoms with E-state index in [4.69, 9.17) is 4.42 Å². The van der Waals surface area contributed by atoms with Crippen LogP contribution in [-0.2, 0) is 25.7 Å². The van der Waals surface area contributed by atoms with Crippen LogP contribution in [0.2, 0.25) is 0 Å². The summed E-state index contributed by atoms with van der Waals surface area (Å²) in [5.41, 5.74) is 2.71. The lowest BCUT2D eigenvalue weighted by Gasteiger charge is -1.99. The van der Waals surface area contributed by atoms with Crippen LogP contribution in [0.25, 0.3) is 0 Å². The molecule has 1 heterocycles. The highest BCUT2D eigenvalue weighted by Gasteiger charge is 2.06. The standard InChI is InChI=1S/C20H22N2O/c1-3-9-17(10-4-1)13-7-15-19-21-22-20(23-19)16-8-14-18-11-5-2-6-12-18/h1-6,9-12H,7-8,13-16H2. The third-order valence-corrected chi connectivity index (χ3v) is 3.91. The van der Waals surface area contributed by atoms with Gasteiger partial charge in [-0.1, -0.05) is 60.7 Å². The molecular weight excluding hydrogens is 284 g/mol. The van der Waals surface area contributed by atoms with Crippen molar-refractivity contribution in [3.63, 3.8) is 0 Å². The summed E-state index contributed by atoms with van der Waals surface area (Å²) in [6.45, 7) is 0. The predicted molar refractivity (Wildman–Crippen MR) is 91.2 cm³/mol. The van der Waals surface area contributed by atoms with Crippen LogP contribution in [0.15, 0.2) is 65.1 Å². The maximum absolute atomic E-state index is 5.74. The van der Waals surface area contributed by atoms with E-state index in [-0.39, 0.29) is 0 Å². The SMILES string of the molecule is c1ccc(CCCc2nnc(CCCc3ccccc3)o2)cc1. The molecule has 118 valence electrons. The molecule has 1 aromatic heterocycles. The Morgan fingerprint density at radius 2 is 1.00 bits per heavy atom. The first-order valence-electron chi connectivity index (χ1n) is 8.29. The highest BCUT2D eigenvalue weighted by atomic mass is 16.4. The van der Waals surface area contributed by atoms with Gasteiger partial charge in [0.05, 0.1) is 0 Å². The van der Waals surface area contributed by atoms with E-state index in [9.17, 15) is 0 Å². The number of hydrogen-bond donors (Lipinski definition) is 0. The fourth-order valence-corrected chi connectivity index (χ4v) is 2.67. The van der Waals surface area contributed by atoms with Crippen molar-refractivity contribution in [1.82, 2.24) is 10.2 Å². The Labute approximate surface area is 137 Å². The Balaban J connectivity index is 1.39. The molecule has 0 atom stereocenters. The van der Waals surface area contributed by atoms with Crippen LogP contribution in [0, 0.1) is 0 Å². The molecular formula is C20H22N2O. The summed E-state index contributed by atoms with van der Waals surface area (Å²) < 4.78 is 5.74. The number of benzene rings is 2. The fraction of sp³-hybridized carbons (Fsp3) is 0.300. The Kier molecular flexibility index (Phi) is 5.57. The van der Waals surface area contributed by atoms with Gasteiger partial charge in [0, 0.05) is 12.8 Å². The average molecular weight is 306 g/mol. The molecule has 0 aliphatic heterocycles. The highest BCUT2D eigenvalue weighted by molar-refractivity contribution is 5.15. The van der Waals surface area contributed by atoms with E-state index in [2.05, 4.69) is 58.7 Å². The first-order chi connectivity index (χ1) is 11.4. The summed E-state index contributed by atoms with van der Waals surface area (Å²) in [5.74, 6) is 1.52. The van der Waals surface area contributed by atoms with Gasteiger partial charge in [0.15, 0.2) is 0 Å². The normalized spacial score (nSPS) is 10.8. The van der Waals surface area contributed by atoms with Crippen molar-refractivity contribution in [3.8, 4) is 0 Å². The highest BCUT2D eigenvalue weighted by Crippen LogP contribution is 2.10. The van der Waals surface area contributed by atoms with Crippen LogP contribution in [0.5, 0.6) is 0 Å². The minimum absolute atomic E-state index is 0.760. The summed E-state index contributed by atoms with van der Waals surface area (Å²) in [4.78, 5) is 0. The number of hydrogen-bond acceptors (Lipinski definition) is 3. The van der Waals surface area contributed by atoms with E-state index >= 15 is 0 Å². The first-order valence-corrected chi connectivity index (χ1v) is 8.29. The smallest absolute Gasteiger partial charge is 0.216 e. The number of aryl methyl sites for hydroxylation is 4. The van der Waals surface area contributed by atoms with E-state index in [0.717, 1.165) is 50.3 Å². The molecule has 0 saturated heterocycles. The molecule has 0 fully saturated rings. The molecule has 2 aromatic carbocycles. The van der Waals surface area contributed by atoms with Gasteiger partial charge in [-0.2, -0.15) is 0 Å². The van der Waals surface area contributed by atoms with Crippen LogP contribution in [0.3, 0.4) is 0 Å².